The van der Waals surface area contributed by atoms with Crippen molar-refractivity contribution in [3.05, 3.63) is 29.8 Å². The predicted octanol–water partition coefficient (Wildman–Crippen LogP) is 2.73. The maximum absolute atomic E-state index is 13.3. The Hall–Kier alpha value is -1.16. The van der Waals surface area contributed by atoms with Crippen LogP contribution in [0.2, 0.25) is 0 Å². The first-order valence-corrected chi connectivity index (χ1v) is 5.97. The molecule has 0 bridgehead atoms. The average Bonchev–Trinajstić information content (AvgIpc) is 3.12. The molecule has 94 valence electrons. The maximum Gasteiger partial charge on any atom is 0.200 e. The van der Waals surface area contributed by atoms with Gasteiger partial charge < -0.3 is 10.1 Å². The second-order valence-corrected chi connectivity index (χ2v) is 4.65. The van der Waals surface area contributed by atoms with Crippen LogP contribution in [0.15, 0.2) is 18.2 Å². The van der Waals surface area contributed by atoms with Crippen molar-refractivity contribution < 1.29 is 13.5 Å². The highest BCUT2D eigenvalue weighted by Crippen LogP contribution is 2.20. The van der Waals surface area contributed by atoms with Gasteiger partial charge in [0.15, 0.2) is 11.6 Å². The molecule has 1 aliphatic carbocycles. The van der Waals surface area contributed by atoms with E-state index < -0.39 is 11.6 Å². The summed E-state index contributed by atoms with van der Waals surface area (Å²) in [6.45, 7) is 3.26. The number of hydrogen-bond donors (Lipinski definition) is 1. The number of benzene rings is 1. The standard InChI is InChI=1S/C13H17F2NO/c1-9(7-16-10-5-6-10)8-17-12-4-2-3-11(14)13(12)15/h2-4,9-10,16H,5-8H2,1H3. The topological polar surface area (TPSA) is 21.3 Å². The largest absolute Gasteiger partial charge is 0.490 e. The summed E-state index contributed by atoms with van der Waals surface area (Å²) in [6.07, 6.45) is 2.48. The van der Waals surface area contributed by atoms with E-state index in [1.807, 2.05) is 6.92 Å². The summed E-state index contributed by atoms with van der Waals surface area (Å²) in [4.78, 5) is 0. The van der Waals surface area contributed by atoms with Crippen molar-refractivity contribution in [3.8, 4) is 5.75 Å². The Morgan fingerprint density at radius 2 is 2.18 bits per heavy atom. The van der Waals surface area contributed by atoms with E-state index in [9.17, 15) is 8.78 Å². The molecule has 1 aromatic carbocycles. The molecule has 1 aliphatic rings. The molecule has 4 heteroatoms. The lowest BCUT2D eigenvalue weighted by molar-refractivity contribution is 0.242. The monoisotopic (exact) mass is 241 g/mol. The first-order chi connectivity index (χ1) is 8.16. The molecule has 0 spiro atoms. The summed E-state index contributed by atoms with van der Waals surface area (Å²) in [5.74, 6) is -1.51. The highest BCUT2D eigenvalue weighted by Gasteiger charge is 2.21. The number of ether oxygens (including phenoxy) is 1. The normalized spacial score (nSPS) is 16.9. The molecule has 0 radical (unpaired) electrons. The van der Waals surface area contributed by atoms with Gasteiger partial charge in [0.1, 0.15) is 0 Å². The van der Waals surface area contributed by atoms with Crippen molar-refractivity contribution in [2.24, 2.45) is 5.92 Å². The molecule has 1 N–H and O–H groups in total. The SMILES string of the molecule is CC(CNC1CC1)COc1cccc(F)c1F. The fraction of sp³-hybridized carbons (Fsp3) is 0.538. The van der Waals surface area contributed by atoms with Gasteiger partial charge in [-0.3, -0.25) is 0 Å². The minimum Gasteiger partial charge on any atom is -0.490 e. The fourth-order valence-corrected chi connectivity index (χ4v) is 1.54. The molecule has 2 rings (SSSR count). The van der Waals surface area contributed by atoms with Crippen LogP contribution < -0.4 is 10.1 Å². The second-order valence-electron chi connectivity index (χ2n) is 4.65. The quantitative estimate of drug-likeness (QED) is 0.826. The van der Waals surface area contributed by atoms with E-state index in [-0.39, 0.29) is 11.7 Å². The van der Waals surface area contributed by atoms with Crippen LogP contribution in [0.1, 0.15) is 19.8 Å². The molecule has 0 aromatic heterocycles. The van der Waals surface area contributed by atoms with Gasteiger partial charge in [-0.2, -0.15) is 4.39 Å². The number of hydrogen-bond acceptors (Lipinski definition) is 2. The molecule has 17 heavy (non-hydrogen) atoms. The van der Waals surface area contributed by atoms with Crippen LogP contribution in [0.25, 0.3) is 0 Å². The van der Waals surface area contributed by atoms with Gasteiger partial charge in [-0.1, -0.05) is 13.0 Å². The molecule has 0 amide bonds. The maximum atomic E-state index is 13.3. The Balaban J connectivity index is 1.77. The summed E-state index contributed by atoms with van der Waals surface area (Å²) in [6, 6.07) is 4.63. The highest BCUT2D eigenvalue weighted by atomic mass is 19.2. The van der Waals surface area contributed by atoms with Crippen LogP contribution in [0.5, 0.6) is 5.75 Å². The molecule has 0 saturated heterocycles. The van der Waals surface area contributed by atoms with Crippen molar-refractivity contribution in [3.63, 3.8) is 0 Å². The van der Waals surface area contributed by atoms with Gasteiger partial charge in [-0.15, -0.1) is 0 Å². The molecule has 0 heterocycles. The second kappa shape index (κ2) is 5.45. The van der Waals surface area contributed by atoms with Gasteiger partial charge in [0.25, 0.3) is 0 Å². The van der Waals surface area contributed by atoms with E-state index in [0.29, 0.717) is 12.6 Å². The van der Waals surface area contributed by atoms with Crippen LogP contribution in [-0.4, -0.2) is 19.2 Å². The minimum atomic E-state index is -0.908. The predicted molar refractivity (Wildman–Crippen MR) is 62.0 cm³/mol. The smallest absolute Gasteiger partial charge is 0.200 e. The van der Waals surface area contributed by atoms with Crippen molar-refractivity contribution in [2.75, 3.05) is 13.2 Å². The lowest BCUT2D eigenvalue weighted by atomic mass is 10.2. The Morgan fingerprint density at radius 1 is 1.41 bits per heavy atom. The van der Waals surface area contributed by atoms with E-state index in [0.717, 1.165) is 12.6 Å². The number of rotatable bonds is 6. The first-order valence-electron chi connectivity index (χ1n) is 5.97. The molecule has 1 atom stereocenters. The Kier molecular flexibility index (Phi) is 3.94. The van der Waals surface area contributed by atoms with Crippen LogP contribution in [0.4, 0.5) is 8.78 Å². The van der Waals surface area contributed by atoms with Crippen molar-refractivity contribution >= 4 is 0 Å². The van der Waals surface area contributed by atoms with Gasteiger partial charge in [0, 0.05) is 18.5 Å². The van der Waals surface area contributed by atoms with E-state index in [1.165, 1.54) is 25.0 Å². The van der Waals surface area contributed by atoms with Crippen molar-refractivity contribution in [1.29, 1.82) is 0 Å². The van der Waals surface area contributed by atoms with Crippen LogP contribution in [0, 0.1) is 17.6 Å². The summed E-state index contributed by atoms with van der Waals surface area (Å²) in [5.41, 5.74) is 0. The van der Waals surface area contributed by atoms with E-state index in [1.54, 1.807) is 0 Å². The first kappa shape index (κ1) is 12.3. The summed E-state index contributed by atoms with van der Waals surface area (Å²) >= 11 is 0. The molecular weight excluding hydrogens is 224 g/mol. The lowest BCUT2D eigenvalue weighted by Gasteiger charge is -2.14. The number of halogens is 2. The van der Waals surface area contributed by atoms with Crippen LogP contribution in [0.3, 0.4) is 0 Å². The zero-order chi connectivity index (χ0) is 12.3. The van der Waals surface area contributed by atoms with E-state index in [2.05, 4.69) is 5.32 Å². The Bertz CT molecular complexity index is 380. The van der Waals surface area contributed by atoms with Crippen molar-refractivity contribution in [1.82, 2.24) is 5.32 Å². The fourth-order valence-electron chi connectivity index (χ4n) is 1.54. The van der Waals surface area contributed by atoms with Crippen LogP contribution >= 0.6 is 0 Å². The molecule has 1 saturated carbocycles. The third kappa shape index (κ3) is 3.66. The molecule has 1 aromatic rings. The summed E-state index contributed by atoms with van der Waals surface area (Å²) in [7, 11) is 0. The average molecular weight is 241 g/mol. The van der Waals surface area contributed by atoms with Gasteiger partial charge in [-0.25, -0.2) is 4.39 Å². The summed E-state index contributed by atoms with van der Waals surface area (Å²) < 4.78 is 31.4. The third-order valence-corrected chi connectivity index (χ3v) is 2.77. The van der Waals surface area contributed by atoms with Crippen LogP contribution in [-0.2, 0) is 0 Å². The van der Waals surface area contributed by atoms with Crippen molar-refractivity contribution in [2.45, 2.75) is 25.8 Å². The zero-order valence-corrected chi connectivity index (χ0v) is 9.88. The highest BCUT2D eigenvalue weighted by molar-refractivity contribution is 5.24. The molecule has 0 aliphatic heterocycles. The van der Waals surface area contributed by atoms with Gasteiger partial charge in [0.05, 0.1) is 6.61 Å². The minimum absolute atomic E-state index is 0.0109. The van der Waals surface area contributed by atoms with Gasteiger partial charge >= 0.3 is 0 Å². The Morgan fingerprint density at radius 3 is 2.88 bits per heavy atom. The lowest BCUT2D eigenvalue weighted by Crippen LogP contribution is -2.26. The van der Waals surface area contributed by atoms with Gasteiger partial charge in [-0.05, 0) is 25.0 Å². The summed E-state index contributed by atoms with van der Waals surface area (Å²) in [5, 5.41) is 3.37. The molecular formula is C13H17F2NO. The van der Waals surface area contributed by atoms with E-state index >= 15 is 0 Å². The molecule has 1 fully saturated rings. The Labute approximate surface area is 100.0 Å². The number of nitrogens with one attached hydrogen (secondary N) is 1. The molecule has 1 unspecified atom stereocenters. The van der Waals surface area contributed by atoms with Gasteiger partial charge in [0.2, 0.25) is 5.82 Å². The third-order valence-electron chi connectivity index (χ3n) is 2.77. The zero-order valence-electron chi connectivity index (χ0n) is 9.88. The molecule has 2 nitrogen and oxygen atoms in total. The van der Waals surface area contributed by atoms with E-state index in [4.69, 9.17) is 4.74 Å².